The van der Waals surface area contributed by atoms with Crippen molar-refractivity contribution in [2.45, 2.75) is 6.54 Å². The normalized spacial score (nSPS) is 11.0. The largest absolute Gasteiger partial charge is 0.496 e. The first-order chi connectivity index (χ1) is 11.7. The Kier molecular flexibility index (Phi) is 12.2. The number of rotatable bonds is 9. The van der Waals surface area contributed by atoms with Gasteiger partial charge in [0.05, 0.1) is 30.9 Å². The molecule has 0 amide bonds. The van der Waals surface area contributed by atoms with E-state index in [-0.39, 0.29) is 38.0 Å². The molecule has 2 aromatic rings. The zero-order chi connectivity index (χ0) is 17.4. The van der Waals surface area contributed by atoms with E-state index in [1.807, 2.05) is 40.6 Å². The summed E-state index contributed by atoms with van der Waals surface area (Å²) in [5, 5.41) is 20.3. The third-order valence-corrected chi connectivity index (χ3v) is 4.41. The number of nitrogens with two attached hydrogens (primary N) is 1. The highest BCUT2D eigenvalue weighted by Crippen LogP contribution is 2.26. The standard InChI is InChI=1S/C17H23N3O3S.2ClH/c1-23-15-5-4-14(19-17(18)16-3-2-10-24-16)11-13(15)12-20(6-8-21)7-9-22;;/h2-5,10-11,21-22H,6-9,12H2,1H3,(H2,18,19);2*1H. The maximum atomic E-state index is 9.16. The van der Waals surface area contributed by atoms with Crippen LogP contribution in [0.3, 0.4) is 0 Å². The number of thiophene rings is 1. The van der Waals surface area contributed by atoms with Crippen LogP contribution < -0.4 is 10.5 Å². The van der Waals surface area contributed by atoms with Crippen LogP contribution in [0.15, 0.2) is 40.7 Å². The van der Waals surface area contributed by atoms with Crippen molar-refractivity contribution in [3.05, 3.63) is 46.2 Å². The number of ether oxygens (including phenoxy) is 1. The first kappa shape index (κ1) is 24.7. The van der Waals surface area contributed by atoms with Crippen LogP contribution in [0.4, 0.5) is 5.69 Å². The molecular formula is C17H25Cl2N3O3S. The predicted molar refractivity (Wildman–Crippen MR) is 112 cm³/mol. The highest BCUT2D eigenvalue weighted by Gasteiger charge is 2.11. The second kappa shape index (κ2) is 12.9. The van der Waals surface area contributed by atoms with Crippen LogP contribution in [0.5, 0.6) is 5.75 Å². The summed E-state index contributed by atoms with van der Waals surface area (Å²) in [4.78, 5) is 7.35. The summed E-state index contributed by atoms with van der Waals surface area (Å²) in [7, 11) is 1.62. The fraction of sp³-hybridized carbons (Fsp3) is 0.353. The van der Waals surface area contributed by atoms with Gasteiger partial charge in [-0.05, 0) is 29.6 Å². The summed E-state index contributed by atoms with van der Waals surface area (Å²) in [5.74, 6) is 1.22. The van der Waals surface area contributed by atoms with E-state index in [0.29, 0.717) is 25.5 Å². The van der Waals surface area contributed by atoms with Gasteiger partial charge in [0.15, 0.2) is 0 Å². The van der Waals surface area contributed by atoms with E-state index in [1.165, 1.54) is 0 Å². The average Bonchev–Trinajstić information content (AvgIpc) is 3.10. The first-order valence-corrected chi connectivity index (χ1v) is 8.55. The summed E-state index contributed by atoms with van der Waals surface area (Å²) in [6.07, 6.45) is 0. The van der Waals surface area contributed by atoms with E-state index < -0.39 is 0 Å². The number of amidine groups is 1. The minimum absolute atomic E-state index is 0. The third-order valence-electron chi connectivity index (χ3n) is 3.51. The average molecular weight is 422 g/mol. The van der Waals surface area contributed by atoms with Crippen molar-refractivity contribution in [3.63, 3.8) is 0 Å². The lowest BCUT2D eigenvalue weighted by Gasteiger charge is -2.21. The first-order valence-electron chi connectivity index (χ1n) is 7.67. The van der Waals surface area contributed by atoms with E-state index in [4.69, 9.17) is 20.7 Å². The molecule has 6 nitrogen and oxygen atoms in total. The van der Waals surface area contributed by atoms with Crippen molar-refractivity contribution in [2.24, 2.45) is 10.7 Å². The number of halogens is 2. The quantitative estimate of drug-likeness (QED) is 0.427. The molecule has 0 radical (unpaired) electrons. The molecule has 9 heteroatoms. The van der Waals surface area contributed by atoms with E-state index in [1.54, 1.807) is 18.4 Å². The molecule has 0 bridgehead atoms. The third kappa shape index (κ3) is 7.11. The Morgan fingerprint density at radius 2 is 1.88 bits per heavy atom. The van der Waals surface area contributed by atoms with Crippen LogP contribution in [0.25, 0.3) is 0 Å². The Balaban J connectivity index is 0.00000312. The van der Waals surface area contributed by atoms with Crippen molar-refractivity contribution < 1.29 is 14.9 Å². The van der Waals surface area contributed by atoms with Gasteiger partial charge in [-0.3, -0.25) is 4.90 Å². The van der Waals surface area contributed by atoms with Gasteiger partial charge in [0.1, 0.15) is 11.6 Å². The highest BCUT2D eigenvalue weighted by atomic mass is 35.5. The lowest BCUT2D eigenvalue weighted by molar-refractivity contribution is 0.155. The number of methoxy groups -OCH3 is 1. The molecule has 26 heavy (non-hydrogen) atoms. The topological polar surface area (TPSA) is 91.3 Å². The van der Waals surface area contributed by atoms with Gasteiger partial charge < -0.3 is 20.7 Å². The van der Waals surface area contributed by atoms with Crippen LogP contribution >= 0.6 is 36.2 Å². The second-order valence-corrected chi connectivity index (χ2v) is 6.14. The molecule has 0 aliphatic carbocycles. The number of benzene rings is 1. The lowest BCUT2D eigenvalue weighted by atomic mass is 10.1. The lowest BCUT2D eigenvalue weighted by Crippen LogP contribution is -2.29. The molecule has 0 aliphatic rings. The number of aliphatic hydroxyl groups is 2. The summed E-state index contributed by atoms with van der Waals surface area (Å²) >= 11 is 1.54. The molecule has 0 atom stereocenters. The molecule has 1 aromatic carbocycles. The maximum Gasteiger partial charge on any atom is 0.141 e. The SMILES string of the molecule is COc1ccc(N=C(N)c2cccs2)cc1CN(CCO)CCO.Cl.Cl. The number of nitrogens with zero attached hydrogens (tertiary/aromatic N) is 2. The number of hydrogen-bond donors (Lipinski definition) is 3. The minimum Gasteiger partial charge on any atom is -0.496 e. The van der Waals surface area contributed by atoms with E-state index >= 15 is 0 Å². The summed E-state index contributed by atoms with van der Waals surface area (Å²) < 4.78 is 5.41. The highest BCUT2D eigenvalue weighted by molar-refractivity contribution is 7.12. The summed E-state index contributed by atoms with van der Waals surface area (Å²) in [5.41, 5.74) is 7.71. The van der Waals surface area contributed by atoms with Gasteiger partial charge in [0.2, 0.25) is 0 Å². The molecule has 0 saturated carbocycles. The smallest absolute Gasteiger partial charge is 0.141 e. The van der Waals surface area contributed by atoms with Crippen LogP contribution in [0.1, 0.15) is 10.4 Å². The molecule has 0 spiro atoms. The molecule has 0 saturated heterocycles. The van der Waals surface area contributed by atoms with Crippen molar-refractivity contribution in [3.8, 4) is 5.75 Å². The fourth-order valence-corrected chi connectivity index (χ4v) is 3.00. The minimum atomic E-state index is 0. The molecule has 0 aliphatic heterocycles. The zero-order valence-corrected chi connectivity index (χ0v) is 16.9. The van der Waals surface area contributed by atoms with Gasteiger partial charge >= 0.3 is 0 Å². The van der Waals surface area contributed by atoms with Crippen LogP contribution in [0.2, 0.25) is 0 Å². The molecule has 4 N–H and O–H groups in total. The van der Waals surface area contributed by atoms with Crippen molar-refractivity contribution in [2.75, 3.05) is 33.4 Å². The van der Waals surface area contributed by atoms with Gasteiger partial charge in [-0.2, -0.15) is 0 Å². The molecular weight excluding hydrogens is 397 g/mol. The zero-order valence-electron chi connectivity index (χ0n) is 14.5. The Morgan fingerprint density at radius 1 is 1.19 bits per heavy atom. The molecule has 0 unspecified atom stereocenters. The summed E-state index contributed by atoms with van der Waals surface area (Å²) in [6.45, 7) is 1.58. The van der Waals surface area contributed by atoms with E-state index in [2.05, 4.69) is 4.99 Å². The fourth-order valence-electron chi connectivity index (χ4n) is 2.37. The van der Waals surface area contributed by atoms with Crippen LogP contribution in [-0.2, 0) is 6.54 Å². The van der Waals surface area contributed by atoms with Gasteiger partial charge in [-0.1, -0.05) is 6.07 Å². The van der Waals surface area contributed by atoms with Crippen LogP contribution in [-0.4, -0.2) is 54.4 Å². The van der Waals surface area contributed by atoms with Gasteiger partial charge in [0, 0.05) is 25.2 Å². The Bertz CT molecular complexity index is 663. The van der Waals surface area contributed by atoms with Crippen LogP contribution in [0, 0.1) is 0 Å². The summed E-state index contributed by atoms with van der Waals surface area (Å²) in [6, 6.07) is 9.49. The molecule has 1 heterocycles. The second-order valence-electron chi connectivity index (χ2n) is 5.19. The van der Waals surface area contributed by atoms with Crippen molar-refractivity contribution in [1.82, 2.24) is 4.90 Å². The Hall–Kier alpha value is -1.35. The molecule has 0 fully saturated rings. The molecule has 146 valence electrons. The van der Waals surface area contributed by atoms with Crippen molar-refractivity contribution in [1.29, 1.82) is 0 Å². The van der Waals surface area contributed by atoms with E-state index in [9.17, 15) is 0 Å². The maximum absolute atomic E-state index is 9.16. The number of hydrogen-bond acceptors (Lipinski definition) is 6. The Morgan fingerprint density at radius 3 is 2.42 bits per heavy atom. The molecule has 2 rings (SSSR count). The van der Waals surface area contributed by atoms with E-state index in [0.717, 1.165) is 21.9 Å². The number of aliphatic hydroxyl groups excluding tert-OH is 2. The molecule has 1 aromatic heterocycles. The van der Waals surface area contributed by atoms with Gasteiger partial charge in [-0.15, -0.1) is 36.2 Å². The Labute approximate surface area is 170 Å². The monoisotopic (exact) mass is 421 g/mol. The van der Waals surface area contributed by atoms with Gasteiger partial charge in [0.25, 0.3) is 0 Å². The predicted octanol–water partition coefficient (Wildman–Crippen LogP) is 2.42. The van der Waals surface area contributed by atoms with Gasteiger partial charge in [-0.25, -0.2) is 4.99 Å². The number of aliphatic imine (C=N–C) groups is 1. The van der Waals surface area contributed by atoms with Crippen molar-refractivity contribution >= 4 is 47.7 Å².